The molecule has 3 aromatic rings. The number of hydrogen-bond donors (Lipinski definition) is 0. The first-order chi connectivity index (χ1) is 13.7. The Kier molecular flexibility index (Phi) is 5.37. The van der Waals surface area contributed by atoms with Crippen LogP contribution in [0.25, 0.3) is 11.3 Å². The SMILES string of the molecule is O=C(OCc1ccccc1)N1CCCC(c2nc(-c3ccc(F)cc3)co2)C1. The Bertz CT molecular complexity index is 924. The molecule has 0 saturated carbocycles. The van der Waals surface area contributed by atoms with Crippen molar-refractivity contribution in [3.8, 4) is 11.3 Å². The highest BCUT2D eigenvalue weighted by Gasteiger charge is 2.28. The Morgan fingerprint density at radius 1 is 1.18 bits per heavy atom. The smallest absolute Gasteiger partial charge is 0.410 e. The number of carbonyl (C=O) groups is 1. The summed E-state index contributed by atoms with van der Waals surface area (Å²) in [4.78, 5) is 18.7. The third kappa shape index (κ3) is 4.22. The van der Waals surface area contributed by atoms with Crippen LogP contribution >= 0.6 is 0 Å². The van der Waals surface area contributed by atoms with Crippen LogP contribution < -0.4 is 0 Å². The third-order valence-electron chi connectivity index (χ3n) is 4.90. The number of aromatic nitrogens is 1. The van der Waals surface area contributed by atoms with Crippen LogP contribution in [0.3, 0.4) is 0 Å². The van der Waals surface area contributed by atoms with E-state index >= 15 is 0 Å². The molecule has 2 heterocycles. The van der Waals surface area contributed by atoms with Crippen molar-refractivity contribution < 1.29 is 18.3 Å². The van der Waals surface area contributed by atoms with E-state index in [1.165, 1.54) is 12.1 Å². The van der Waals surface area contributed by atoms with Crippen molar-refractivity contribution in [2.24, 2.45) is 0 Å². The van der Waals surface area contributed by atoms with Gasteiger partial charge in [0.1, 0.15) is 24.4 Å². The van der Waals surface area contributed by atoms with Gasteiger partial charge in [-0.05, 0) is 42.7 Å². The fourth-order valence-electron chi connectivity index (χ4n) is 3.38. The molecule has 28 heavy (non-hydrogen) atoms. The van der Waals surface area contributed by atoms with Gasteiger partial charge in [0.2, 0.25) is 0 Å². The van der Waals surface area contributed by atoms with Crippen molar-refractivity contribution in [3.63, 3.8) is 0 Å². The first-order valence-corrected chi connectivity index (χ1v) is 9.36. The van der Waals surface area contributed by atoms with Gasteiger partial charge in [-0.2, -0.15) is 0 Å². The maximum Gasteiger partial charge on any atom is 0.410 e. The number of likely N-dealkylation sites (tertiary alicyclic amines) is 1. The zero-order valence-electron chi connectivity index (χ0n) is 15.4. The van der Waals surface area contributed by atoms with E-state index in [0.717, 1.165) is 24.0 Å². The highest BCUT2D eigenvalue weighted by Crippen LogP contribution is 2.29. The topological polar surface area (TPSA) is 55.6 Å². The minimum absolute atomic E-state index is 0.0206. The molecule has 144 valence electrons. The zero-order chi connectivity index (χ0) is 19.3. The number of piperidine rings is 1. The molecule has 0 radical (unpaired) electrons. The lowest BCUT2D eigenvalue weighted by Gasteiger charge is -2.30. The monoisotopic (exact) mass is 380 g/mol. The Balaban J connectivity index is 1.38. The molecule has 1 unspecified atom stereocenters. The van der Waals surface area contributed by atoms with E-state index in [9.17, 15) is 9.18 Å². The van der Waals surface area contributed by atoms with Crippen molar-refractivity contribution in [2.75, 3.05) is 13.1 Å². The lowest BCUT2D eigenvalue weighted by Crippen LogP contribution is -2.39. The molecule has 1 saturated heterocycles. The molecule has 1 atom stereocenters. The Labute approximate surface area is 162 Å². The summed E-state index contributed by atoms with van der Waals surface area (Å²) in [5.41, 5.74) is 2.42. The molecule has 1 fully saturated rings. The van der Waals surface area contributed by atoms with Crippen LogP contribution in [0.1, 0.15) is 30.2 Å². The number of amides is 1. The molecular formula is C22H21FN2O3. The molecule has 0 spiro atoms. The standard InChI is InChI=1S/C22H21FN2O3/c23-19-10-8-17(9-11-19)20-15-27-21(24-20)18-7-4-12-25(13-18)22(26)28-14-16-5-2-1-3-6-16/h1-3,5-6,8-11,15,18H,4,7,12-14H2. The minimum Gasteiger partial charge on any atom is -0.448 e. The van der Waals surface area contributed by atoms with Crippen LogP contribution in [-0.2, 0) is 11.3 Å². The van der Waals surface area contributed by atoms with Crippen molar-refractivity contribution in [3.05, 3.63) is 78.1 Å². The lowest BCUT2D eigenvalue weighted by molar-refractivity contribution is 0.0839. The number of ether oxygens (including phenoxy) is 1. The second-order valence-corrected chi connectivity index (χ2v) is 6.90. The van der Waals surface area contributed by atoms with E-state index < -0.39 is 0 Å². The number of halogens is 1. The van der Waals surface area contributed by atoms with E-state index in [-0.39, 0.29) is 24.4 Å². The van der Waals surface area contributed by atoms with Crippen LogP contribution in [0.5, 0.6) is 0 Å². The normalized spacial score (nSPS) is 16.8. The maximum absolute atomic E-state index is 13.1. The lowest BCUT2D eigenvalue weighted by atomic mass is 9.98. The molecule has 1 aliphatic rings. The van der Waals surface area contributed by atoms with E-state index in [4.69, 9.17) is 9.15 Å². The van der Waals surface area contributed by atoms with Crippen molar-refractivity contribution in [1.29, 1.82) is 0 Å². The summed E-state index contributed by atoms with van der Waals surface area (Å²) in [6.07, 6.45) is 3.01. The van der Waals surface area contributed by atoms with Gasteiger partial charge in [0, 0.05) is 18.7 Å². The Morgan fingerprint density at radius 2 is 1.96 bits per heavy atom. The molecule has 1 aromatic heterocycles. The molecule has 5 nitrogen and oxygen atoms in total. The van der Waals surface area contributed by atoms with Crippen molar-refractivity contribution in [2.45, 2.75) is 25.4 Å². The van der Waals surface area contributed by atoms with Gasteiger partial charge >= 0.3 is 6.09 Å². The van der Waals surface area contributed by atoms with Crippen LogP contribution in [0.2, 0.25) is 0 Å². The van der Waals surface area contributed by atoms with Crippen LogP contribution in [0.15, 0.2) is 65.3 Å². The number of rotatable bonds is 4. The van der Waals surface area contributed by atoms with Gasteiger partial charge in [-0.3, -0.25) is 0 Å². The van der Waals surface area contributed by atoms with Gasteiger partial charge in [0.15, 0.2) is 5.89 Å². The van der Waals surface area contributed by atoms with Crippen LogP contribution in [0.4, 0.5) is 9.18 Å². The highest BCUT2D eigenvalue weighted by atomic mass is 19.1. The molecule has 1 aliphatic heterocycles. The van der Waals surface area contributed by atoms with Gasteiger partial charge < -0.3 is 14.1 Å². The Morgan fingerprint density at radius 3 is 2.75 bits per heavy atom. The number of hydrogen-bond acceptors (Lipinski definition) is 4. The predicted molar refractivity (Wildman–Crippen MR) is 102 cm³/mol. The van der Waals surface area contributed by atoms with Gasteiger partial charge in [0.05, 0.1) is 5.92 Å². The molecule has 6 heteroatoms. The van der Waals surface area contributed by atoms with E-state index in [1.54, 1.807) is 23.3 Å². The first-order valence-electron chi connectivity index (χ1n) is 9.36. The van der Waals surface area contributed by atoms with Gasteiger partial charge in [0.25, 0.3) is 0 Å². The summed E-state index contributed by atoms with van der Waals surface area (Å²) >= 11 is 0. The highest BCUT2D eigenvalue weighted by molar-refractivity contribution is 5.68. The summed E-state index contributed by atoms with van der Waals surface area (Å²) in [6.45, 7) is 1.43. The molecule has 0 N–H and O–H groups in total. The second kappa shape index (κ2) is 8.25. The van der Waals surface area contributed by atoms with Crippen molar-refractivity contribution >= 4 is 6.09 Å². The van der Waals surface area contributed by atoms with Crippen LogP contribution in [0, 0.1) is 5.82 Å². The summed E-state index contributed by atoms with van der Waals surface area (Å²) in [5.74, 6) is 0.330. The average molecular weight is 380 g/mol. The van der Waals surface area contributed by atoms with Gasteiger partial charge in [-0.25, -0.2) is 14.2 Å². The second-order valence-electron chi connectivity index (χ2n) is 6.90. The number of oxazole rings is 1. The zero-order valence-corrected chi connectivity index (χ0v) is 15.4. The molecule has 1 amide bonds. The first kappa shape index (κ1) is 18.2. The summed E-state index contributed by atoms with van der Waals surface area (Å²) in [6, 6.07) is 15.8. The predicted octanol–water partition coefficient (Wildman–Crippen LogP) is 5.00. The largest absolute Gasteiger partial charge is 0.448 e. The van der Waals surface area contributed by atoms with Crippen molar-refractivity contribution in [1.82, 2.24) is 9.88 Å². The van der Waals surface area contributed by atoms with E-state index in [2.05, 4.69) is 4.98 Å². The molecule has 2 aromatic carbocycles. The molecule has 0 bridgehead atoms. The van der Waals surface area contributed by atoms with E-state index in [0.29, 0.717) is 24.7 Å². The van der Waals surface area contributed by atoms with Gasteiger partial charge in [-0.1, -0.05) is 30.3 Å². The fraction of sp³-hybridized carbons (Fsp3) is 0.273. The fourth-order valence-corrected chi connectivity index (χ4v) is 3.38. The van der Waals surface area contributed by atoms with Gasteiger partial charge in [-0.15, -0.1) is 0 Å². The average Bonchev–Trinajstić information content (AvgIpc) is 3.24. The van der Waals surface area contributed by atoms with Crippen LogP contribution in [-0.4, -0.2) is 29.1 Å². The molecule has 0 aliphatic carbocycles. The maximum atomic E-state index is 13.1. The summed E-state index contributed by atoms with van der Waals surface area (Å²) in [5, 5.41) is 0. The quantitative estimate of drug-likeness (QED) is 0.639. The number of nitrogens with zero attached hydrogens (tertiary/aromatic N) is 2. The summed E-state index contributed by atoms with van der Waals surface area (Å²) < 4.78 is 24.2. The molecular weight excluding hydrogens is 359 g/mol. The number of carbonyl (C=O) groups excluding carboxylic acids is 1. The Hall–Kier alpha value is -3.15. The summed E-state index contributed by atoms with van der Waals surface area (Å²) in [7, 11) is 0. The number of benzene rings is 2. The third-order valence-corrected chi connectivity index (χ3v) is 4.90. The molecule has 4 rings (SSSR count). The van der Waals surface area contributed by atoms with E-state index in [1.807, 2.05) is 30.3 Å². The minimum atomic E-state index is -0.320.